The number of carbonyl (C=O) groups is 1. The van der Waals surface area contributed by atoms with Crippen LogP contribution in [0.15, 0.2) is 0 Å². The van der Waals surface area contributed by atoms with Gasteiger partial charge in [0.25, 0.3) is 0 Å². The van der Waals surface area contributed by atoms with Crippen molar-refractivity contribution in [3.05, 3.63) is 0 Å². The number of hydrogen-bond acceptors (Lipinski definition) is 2. The van der Waals surface area contributed by atoms with Crippen molar-refractivity contribution < 1.29 is 9.53 Å². The molecule has 0 aliphatic rings. The number of hydrogen-bond donors (Lipinski definition) is 0. The standard InChI is InChI=1S/C9H16Br2O2/c1-2-3-4-5-9(12)13-7-8(11)6-10/h8H,2-7H2,1H3/t8-/m1/s1. The zero-order valence-electron chi connectivity index (χ0n) is 7.89. The largest absolute Gasteiger partial charge is 0.464 e. The smallest absolute Gasteiger partial charge is 0.305 e. The zero-order chi connectivity index (χ0) is 10.1. The molecular formula is C9H16Br2O2. The Balaban J connectivity index is 3.30. The Morgan fingerprint density at radius 3 is 2.69 bits per heavy atom. The summed E-state index contributed by atoms with van der Waals surface area (Å²) in [5, 5.41) is 0.801. The Kier molecular flexibility index (Phi) is 9.30. The van der Waals surface area contributed by atoms with Crippen LogP contribution in [0.1, 0.15) is 32.6 Å². The molecule has 0 N–H and O–H groups in total. The maximum atomic E-state index is 11.1. The zero-order valence-corrected chi connectivity index (χ0v) is 11.1. The van der Waals surface area contributed by atoms with Crippen LogP contribution in [-0.4, -0.2) is 22.7 Å². The highest BCUT2D eigenvalue weighted by atomic mass is 79.9. The van der Waals surface area contributed by atoms with Gasteiger partial charge >= 0.3 is 5.97 Å². The molecule has 0 aromatic carbocycles. The number of alkyl halides is 2. The van der Waals surface area contributed by atoms with Crippen molar-refractivity contribution in [3.8, 4) is 0 Å². The second-order valence-corrected chi connectivity index (χ2v) is 4.83. The maximum absolute atomic E-state index is 11.1. The lowest BCUT2D eigenvalue weighted by Gasteiger charge is -2.07. The van der Waals surface area contributed by atoms with Crippen LogP contribution >= 0.6 is 31.9 Å². The normalized spacial score (nSPS) is 12.5. The Morgan fingerprint density at radius 2 is 2.15 bits per heavy atom. The van der Waals surface area contributed by atoms with Crippen LogP contribution in [0, 0.1) is 0 Å². The van der Waals surface area contributed by atoms with E-state index in [-0.39, 0.29) is 10.8 Å². The number of carbonyl (C=O) groups excluding carboxylic acids is 1. The fourth-order valence-electron chi connectivity index (χ4n) is 0.819. The molecule has 0 amide bonds. The van der Waals surface area contributed by atoms with E-state index in [0.29, 0.717) is 13.0 Å². The lowest BCUT2D eigenvalue weighted by atomic mass is 10.2. The Bertz CT molecular complexity index is 140. The van der Waals surface area contributed by atoms with E-state index < -0.39 is 0 Å². The topological polar surface area (TPSA) is 26.3 Å². The molecule has 0 spiro atoms. The van der Waals surface area contributed by atoms with E-state index in [1.807, 2.05) is 0 Å². The minimum atomic E-state index is -0.0844. The Morgan fingerprint density at radius 1 is 1.46 bits per heavy atom. The maximum Gasteiger partial charge on any atom is 0.305 e. The molecule has 0 saturated heterocycles. The van der Waals surface area contributed by atoms with Crippen molar-refractivity contribution >= 4 is 37.8 Å². The van der Waals surface area contributed by atoms with Crippen molar-refractivity contribution in [2.45, 2.75) is 37.4 Å². The quantitative estimate of drug-likeness (QED) is 0.409. The van der Waals surface area contributed by atoms with E-state index in [1.54, 1.807) is 0 Å². The highest BCUT2D eigenvalue weighted by Crippen LogP contribution is 2.06. The number of rotatable bonds is 7. The summed E-state index contributed by atoms with van der Waals surface area (Å²) in [6.45, 7) is 2.57. The first-order chi connectivity index (χ1) is 6.20. The van der Waals surface area contributed by atoms with Gasteiger partial charge in [-0.1, -0.05) is 51.6 Å². The molecule has 1 atom stereocenters. The van der Waals surface area contributed by atoms with E-state index in [1.165, 1.54) is 0 Å². The van der Waals surface area contributed by atoms with Crippen molar-refractivity contribution in [1.82, 2.24) is 0 Å². The van der Waals surface area contributed by atoms with Crippen LogP contribution in [-0.2, 0) is 9.53 Å². The van der Waals surface area contributed by atoms with Gasteiger partial charge in [0, 0.05) is 11.8 Å². The van der Waals surface area contributed by atoms with Gasteiger partial charge in [0.2, 0.25) is 0 Å². The molecule has 0 bridgehead atoms. The van der Waals surface area contributed by atoms with Crippen molar-refractivity contribution in [3.63, 3.8) is 0 Å². The minimum Gasteiger partial charge on any atom is -0.464 e. The van der Waals surface area contributed by atoms with E-state index in [0.717, 1.165) is 24.6 Å². The third-order valence-electron chi connectivity index (χ3n) is 1.58. The van der Waals surface area contributed by atoms with Crippen LogP contribution in [0.4, 0.5) is 0 Å². The van der Waals surface area contributed by atoms with Gasteiger partial charge in [-0.15, -0.1) is 0 Å². The van der Waals surface area contributed by atoms with Crippen LogP contribution in [0.25, 0.3) is 0 Å². The first-order valence-electron chi connectivity index (χ1n) is 4.56. The molecule has 13 heavy (non-hydrogen) atoms. The molecule has 0 rings (SSSR count). The summed E-state index contributed by atoms with van der Waals surface area (Å²) in [6.07, 6.45) is 3.73. The fraction of sp³-hybridized carbons (Fsp3) is 0.889. The summed E-state index contributed by atoms with van der Waals surface area (Å²) in [5.41, 5.74) is 0. The van der Waals surface area contributed by atoms with Gasteiger partial charge in [0.15, 0.2) is 0 Å². The number of halogens is 2. The first-order valence-corrected chi connectivity index (χ1v) is 6.60. The molecule has 0 heterocycles. The number of unbranched alkanes of at least 4 members (excludes halogenated alkanes) is 2. The van der Waals surface area contributed by atoms with Crippen molar-refractivity contribution in [2.75, 3.05) is 11.9 Å². The Hall–Kier alpha value is 0.430. The lowest BCUT2D eigenvalue weighted by molar-refractivity contribution is -0.143. The van der Waals surface area contributed by atoms with E-state index >= 15 is 0 Å². The van der Waals surface area contributed by atoms with Crippen LogP contribution in [0.3, 0.4) is 0 Å². The third-order valence-corrected chi connectivity index (χ3v) is 3.82. The molecule has 4 heteroatoms. The van der Waals surface area contributed by atoms with Gasteiger partial charge < -0.3 is 4.74 Å². The molecule has 0 radical (unpaired) electrons. The molecule has 0 aromatic rings. The highest BCUT2D eigenvalue weighted by molar-refractivity contribution is 9.12. The summed E-state index contributed by atoms with van der Waals surface area (Å²) >= 11 is 6.65. The van der Waals surface area contributed by atoms with Gasteiger partial charge in [0.1, 0.15) is 6.61 Å². The molecule has 2 nitrogen and oxygen atoms in total. The van der Waals surface area contributed by atoms with Gasteiger partial charge in [-0.25, -0.2) is 0 Å². The van der Waals surface area contributed by atoms with Crippen LogP contribution in [0.2, 0.25) is 0 Å². The van der Waals surface area contributed by atoms with Crippen LogP contribution < -0.4 is 0 Å². The number of ether oxygens (including phenoxy) is 1. The van der Waals surface area contributed by atoms with Crippen LogP contribution in [0.5, 0.6) is 0 Å². The molecule has 0 aliphatic carbocycles. The lowest BCUT2D eigenvalue weighted by Crippen LogP contribution is -2.14. The second kappa shape index (κ2) is 9.00. The van der Waals surface area contributed by atoms with Gasteiger partial charge in [-0.3, -0.25) is 4.79 Å². The molecule has 0 saturated carbocycles. The first kappa shape index (κ1) is 13.4. The molecule has 0 aliphatic heterocycles. The van der Waals surface area contributed by atoms with Crippen molar-refractivity contribution in [2.24, 2.45) is 0 Å². The summed E-state index contributed by atoms with van der Waals surface area (Å²) in [7, 11) is 0. The summed E-state index contributed by atoms with van der Waals surface area (Å²) in [6, 6.07) is 0. The highest BCUT2D eigenvalue weighted by Gasteiger charge is 2.06. The summed E-state index contributed by atoms with van der Waals surface area (Å²) in [5.74, 6) is -0.0844. The van der Waals surface area contributed by atoms with Gasteiger partial charge in [-0.05, 0) is 6.42 Å². The molecule has 0 unspecified atom stereocenters. The minimum absolute atomic E-state index is 0.0844. The average Bonchev–Trinajstić information content (AvgIpc) is 2.14. The SMILES string of the molecule is CCCCCC(=O)OC[C@H](Br)CBr. The van der Waals surface area contributed by atoms with Gasteiger partial charge in [0.05, 0.1) is 4.83 Å². The second-order valence-electron chi connectivity index (χ2n) is 2.89. The molecule has 0 aromatic heterocycles. The van der Waals surface area contributed by atoms with E-state index in [2.05, 4.69) is 38.8 Å². The predicted octanol–water partition coefficient (Wildman–Crippen LogP) is 3.27. The summed E-state index contributed by atoms with van der Waals surface area (Å²) < 4.78 is 5.03. The fourth-order valence-corrected chi connectivity index (χ4v) is 1.14. The average molecular weight is 316 g/mol. The van der Waals surface area contributed by atoms with E-state index in [4.69, 9.17) is 4.74 Å². The van der Waals surface area contributed by atoms with Crippen molar-refractivity contribution in [1.29, 1.82) is 0 Å². The molecular weight excluding hydrogens is 300 g/mol. The third kappa shape index (κ3) is 8.75. The number of esters is 1. The van der Waals surface area contributed by atoms with E-state index in [9.17, 15) is 4.79 Å². The van der Waals surface area contributed by atoms with Gasteiger partial charge in [-0.2, -0.15) is 0 Å². The summed E-state index contributed by atoms with van der Waals surface area (Å²) in [4.78, 5) is 11.3. The monoisotopic (exact) mass is 314 g/mol. The Labute approximate surface area is 96.7 Å². The predicted molar refractivity (Wildman–Crippen MR) is 61.6 cm³/mol. The molecule has 78 valence electrons. The molecule has 0 fully saturated rings.